The highest BCUT2D eigenvalue weighted by Crippen LogP contribution is 2.13. The number of hydrogen-bond donors (Lipinski definition) is 1. The molecule has 1 atom stereocenters. The van der Waals surface area contributed by atoms with E-state index in [1.54, 1.807) is 0 Å². The number of aliphatic hydroxyl groups excluding tert-OH is 1. The van der Waals surface area contributed by atoms with Crippen LogP contribution in [0.5, 0.6) is 0 Å². The van der Waals surface area contributed by atoms with Gasteiger partial charge in [-0.2, -0.15) is 0 Å². The molecule has 0 aliphatic carbocycles. The first-order chi connectivity index (χ1) is 24.1. The maximum absolute atomic E-state index is 12.1. The predicted molar refractivity (Wildman–Crippen MR) is 209 cm³/mol. The van der Waals surface area contributed by atoms with Gasteiger partial charge in [0.2, 0.25) is 0 Å². The van der Waals surface area contributed by atoms with Gasteiger partial charge in [-0.25, -0.2) is 0 Å². The van der Waals surface area contributed by atoms with Crippen LogP contribution < -0.4 is 0 Å². The fourth-order valence-electron chi connectivity index (χ4n) is 5.01. The lowest BCUT2D eigenvalue weighted by Gasteiger charge is -2.15. The topological polar surface area (TPSA) is 72.8 Å². The fourth-order valence-corrected chi connectivity index (χ4v) is 5.01. The Hall–Kier alpha value is -2.92. The van der Waals surface area contributed by atoms with Gasteiger partial charge in [-0.15, -0.1) is 0 Å². The number of carbonyl (C=O) groups is 2. The predicted octanol–water partition coefficient (Wildman–Crippen LogP) is 12.3. The molecular weight excluding hydrogens is 608 g/mol. The zero-order valence-corrected chi connectivity index (χ0v) is 31.4. The van der Waals surface area contributed by atoms with Gasteiger partial charge in [-0.05, 0) is 64.2 Å². The van der Waals surface area contributed by atoms with Crippen molar-refractivity contribution in [3.05, 3.63) is 85.1 Å². The van der Waals surface area contributed by atoms with Crippen LogP contribution in [0.2, 0.25) is 0 Å². The Labute approximate surface area is 301 Å². The first-order valence-electron chi connectivity index (χ1n) is 19.6. The number of unbranched alkanes of at least 4 members (excludes halogenated alkanes) is 12. The molecule has 0 fully saturated rings. The van der Waals surface area contributed by atoms with Crippen LogP contribution in [-0.4, -0.2) is 36.4 Å². The van der Waals surface area contributed by atoms with Crippen LogP contribution in [0.1, 0.15) is 162 Å². The molecule has 0 aromatic heterocycles. The molecule has 0 radical (unpaired) electrons. The Balaban J connectivity index is 3.73. The molecule has 0 aliphatic rings. The van der Waals surface area contributed by atoms with E-state index in [0.717, 1.165) is 70.6 Å². The van der Waals surface area contributed by atoms with E-state index in [2.05, 4.69) is 98.9 Å². The van der Waals surface area contributed by atoms with Crippen molar-refractivity contribution in [1.82, 2.24) is 0 Å². The third kappa shape index (κ3) is 37.7. The minimum atomic E-state index is -0.804. The fraction of sp³-hybridized carbons (Fsp3) is 0.636. The van der Waals surface area contributed by atoms with Gasteiger partial charge in [-0.3, -0.25) is 9.59 Å². The summed E-state index contributed by atoms with van der Waals surface area (Å²) in [5.41, 5.74) is 0. The van der Waals surface area contributed by atoms with Crippen LogP contribution in [0, 0.1) is 0 Å². The van der Waals surface area contributed by atoms with E-state index in [4.69, 9.17) is 9.47 Å². The molecule has 5 heteroatoms. The summed E-state index contributed by atoms with van der Waals surface area (Å²) >= 11 is 0. The van der Waals surface area contributed by atoms with Gasteiger partial charge < -0.3 is 14.6 Å². The van der Waals surface area contributed by atoms with Crippen molar-refractivity contribution in [2.45, 2.75) is 168 Å². The van der Waals surface area contributed by atoms with E-state index in [9.17, 15) is 14.7 Å². The third-order valence-corrected chi connectivity index (χ3v) is 7.95. The number of carbonyl (C=O) groups excluding carboxylic acids is 2. The Morgan fingerprint density at radius 2 is 0.878 bits per heavy atom. The van der Waals surface area contributed by atoms with Crippen LogP contribution >= 0.6 is 0 Å². The summed E-state index contributed by atoms with van der Waals surface area (Å²) in [6.45, 7) is 3.95. The summed E-state index contributed by atoms with van der Waals surface area (Å²) in [4.78, 5) is 24.2. The number of aliphatic hydroxyl groups is 1. The number of allylic oxidation sites excluding steroid dienone is 14. The molecule has 0 heterocycles. The van der Waals surface area contributed by atoms with Crippen molar-refractivity contribution in [1.29, 1.82) is 0 Å². The lowest BCUT2D eigenvalue weighted by atomic mass is 10.0. The van der Waals surface area contributed by atoms with Crippen molar-refractivity contribution in [3.8, 4) is 0 Å². The van der Waals surface area contributed by atoms with Crippen LogP contribution in [0.4, 0.5) is 0 Å². The zero-order chi connectivity index (χ0) is 35.7. The molecule has 0 bridgehead atoms. The lowest BCUT2D eigenvalue weighted by molar-refractivity contribution is -0.161. The number of rotatable bonds is 34. The summed E-state index contributed by atoms with van der Waals surface area (Å²) in [6.07, 6.45) is 53.6. The van der Waals surface area contributed by atoms with Gasteiger partial charge in [0.05, 0.1) is 6.61 Å². The Bertz CT molecular complexity index is 952. The van der Waals surface area contributed by atoms with E-state index in [-0.39, 0.29) is 31.6 Å². The van der Waals surface area contributed by atoms with Crippen LogP contribution in [0.3, 0.4) is 0 Å². The Morgan fingerprint density at radius 1 is 0.490 bits per heavy atom. The first kappa shape index (κ1) is 46.1. The summed E-state index contributed by atoms with van der Waals surface area (Å²) in [6, 6.07) is 0. The highest BCUT2D eigenvalue weighted by atomic mass is 16.6. The third-order valence-electron chi connectivity index (χ3n) is 7.95. The van der Waals surface area contributed by atoms with Crippen molar-refractivity contribution in [3.63, 3.8) is 0 Å². The van der Waals surface area contributed by atoms with Gasteiger partial charge >= 0.3 is 11.9 Å². The molecule has 1 unspecified atom stereocenters. The van der Waals surface area contributed by atoms with Gasteiger partial charge in [0.15, 0.2) is 6.10 Å². The summed E-state index contributed by atoms with van der Waals surface area (Å²) in [7, 11) is 0. The van der Waals surface area contributed by atoms with Gasteiger partial charge in [0.25, 0.3) is 0 Å². The minimum Gasteiger partial charge on any atom is -0.462 e. The van der Waals surface area contributed by atoms with E-state index >= 15 is 0 Å². The van der Waals surface area contributed by atoms with Crippen molar-refractivity contribution in [2.75, 3.05) is 13.2 Å². The van der Waals surface area contributed by atoms with Crippen molar-refractivity contribution >= 4 is 11.9 Å². The average Bonchev–Trinajstić information content (AvgIpc) is 3.10. The molecule has 5 nitrogen and oxygen atoms in total. The van der Waals surface area contributed by atoms with Gasteiger partial charge in [0, 0.05) is 12.8 Å². The van der Waals surface area contributed by atoms with Gasteiger partial charge in [-0.1, -0.05) is 170 Å². The quantitative estimate of drug-likeness (QED) is 0.0416. The average molecular weight is 681 g/mol. The molecule has 1 N–H and O–H groups in total. The summed E-state index contributed by atoms with van der Waals surface area (Å²) in [5, 5.41) is 9.53. The van der Waals surface area contributed by atoms with Crippen LogP contribution in [0.15, 0.2) is 85.1 Å². The van der Waals surface area contributed by atoms with Crippen LogP contribution in [0.25, 0.3) is 0 Å². The minimum absolute atomic E-state index is 0.0921. The molecule has 0 amide bonds. The van der Waals surface area contributed by atoms with E-state index in [1.165, 1.54) is 57.8 Å². The molecule has 0 aromatic rings. The second kappa shape index (κ2) is 39.5. The SMILES string of the molecule is CC/C=C\C/C=C\C/C=C\C/C=C\C/C=C\C/C=C\C/C=C\CCCC(=O)OC(CO)COC(=O)CCCCCCCCCCCCCC. The van der Waals surface area contributed by atoms with E-state index < -0.39 is 6.10 Å². The van der Waals surface area contributed by atoms with Crippen LogP contribution in [-0.2, 0) is 19.1 Å². The molecule has 0 saturated carbocycles. The lowest BCUT2D eigenvalue weighted by Crippen LogP contribution is -2.28. The highest BCUT2D eigenvalue weighted by molar-refractivity contribution is 5.70. The van der Waals surface area contributed by atoms with E-state index in [1.807, 2.05) is 0 Å². The normalized spacial score (nSPS) is 13.1. The number of esters is 2. The Morgan fingerprint density at radius 3 is 1.31 bits per heavy atom. The zero-order valence-electron chi connectivity index (χ0n) is 31.4. The van der Waals surface area contributed by atoms with Gasteiger partial charge in [0.1, 0.15) is 6.61 Å². The summed E-state index contributed by atoms with van der Waals surface area (Å²) in [5.74, 6) is -0.667. The number of hydrogen-bond acceptors (Lipinski definition) is 5. The standard InChI is InChI=1S/C44H72O5/c1-3-5-7-9-11-13-15-17-18-19-20-21-22-23-24-25-26-27-29-31-33-35-37-39-44(47)49-42(40-45)41-48-43(46)38-36-34-32-30-28-16-14-12-10-8-6-4-2/h5,7,11,13,17-18,20-21,23-24,26-27,31,33,42,45H,3-4,6,8-10,12,14-16,19,22,25,28-30,32,34-41H2,1-2H3/b7-5-,13-11-,18-17-,21-20-,24-23-,27-26-,33-31-. The second-order valence-corrected chi connectivity index (χ2v) is 12.6. The summed E-state index contributed by atoms with van der Waals surface area (Å²) < 4.78 is 10.5. The van der Waals surface area contributed by atoms with Crippen molar-refractivity contribution < 1.29 is 24.2 Å². The molecule has 0 aromatic carbocycles. The Kier molecular flexibility index (Phi) is 37.2. The highest BCUT2D eigenvalue weighted by Gasteiger charge is 2.15. The molecule has 49 heavy (non-hydrogen) atoms. The second-order valence-electron chi connectivity index (χ2n) is 12.6. The molecule has 0 saturated heterocycles. The largest absolute Gasteiger partial charge is 0.462 e. The van der Waals surface area contributed by atoms with Crippen molar-refractivity contribution in [2.24, 2.45) is 0 Å². The monoisotopic (exact) mass is 681 g/mol. The molecule has 0 aliphatic heterocycles. The first-order valence-corrected chi connectivity index (χ1v) is 19.6. The smallest absolute Gasteiger partial charge is 0.306 e. The molecule has 0 rings (SSSR count). The molecule has 278 valence electrons. The molecule has 0 spiro atoms. The maximum Gasteiger partial charge on any atom is 0.306 e. The molecular formula is C44H72O5. The number of ether oxygens (including phenoxy) is 2. The maximum atomic E-state index is 12.1. The van der Waals surface area contributed by atoms with E-state index in [0.29, 0.717) is 12.8 Å².